The smallest absolute Gasteiger partial charge is 0.125 e. The van der Waals surface area contributed by atoms with Gasteiger partial charge in [0, 0.05) is 17.3 Å². The van der Waals surface area contributed by atoms with Crippen LogP contribution < -0.4 is 4.74 Å². The van der Waals surface area contributed by atoms with Gasteiger partial charge in [-0.3, -0.25) is 0 Å². The van der Waals surface area contributed by atoms with Crippen molar-refractivity contribution in [1.29, 1.82) is 0 Å². The Hall–Kier alpha value is -1.32. The molecule has 104 valence electrons. The number of halogens is 1. The van der Waals surface area contributed by atoms with E-state index in [1.54, 1.807) is 0 Å². The van der Waals surface area contributed by atoms with E-state index >= 15 is 0 Å². The molecule has 0 saturated heterocycles. The van der Waals surface area contributed by atoms with Crippen LogP contribution in [0, 0.1) is 6.92 Å². The SMILES string of the molecule is Cc1cccc(C(O)Cc2cc(Br)cc3c2OCC3)c1. The van der Waals surface area contributed by atoms with Crippen LogP contribution in [0.25, 0.3) is 0 Å². The molecule has 1 aliphatic heterocycles. The van der Waals surface area contributed by atoms with E-state index in [-0.39, 0.29) is 0 Å². The second-order valence-electron chi connectivity index (χ2n) is 5.29. The van der Waals surface area contributed by atoms with Gasteiger partial charge in [-0.1, -0.05) is 45.8 Å². The quantitative estimate of drug-likeness (QED) is 0.921. The van der Waals surface area contributed by atoms with E-state index in [0.29, 0.717) is 6.42 Å². The van der Waals surface area contributed by atoms with Crippen molar-refractivity contribution in [3.05, 3.63) is 63.1 Å². The van der Waals surface area contributed by atoms with Gasteiger partial charge in [0.25, 0.3) is 0 Å². The molecule has 0 amide bonds. The van der Waals surface area contributed by atoms with Crippen molar-refractivity contribution in [3.63, 3.8) is 0 Å². The fourth-order valence-corrected chi connectivity index (χ4v) is 3.25. The fraction of sp³-hybridized carbons (Fsp3) is 0.294. The Balaban J connectivity index is 1.88. The van der Waals surface area contributed by atoms with Gasteiger partial charge in [0.05, 0.1) is 12.7 Å². The van der Waals surface area contributed by atoms with Gasteiger partial charge in [-0.25, -0.2) is 0 Å². The van der Waals surface area contributed by atoms with Crippen molar-refractivity contribution in [2.45, 2.75) is 25.9 Å². The number of rotatable bonds is 3. The number of ether oxygens (including phenoxy) is 1. The van der Waals surface area contributed by atoms with Crippen LogP contribution >= 0.6 is 15.9 Å². The summed E-state index contributed by atoms with van der Waals surface area (Å²) in [5, 5.41) is 10.4. The maximum Gasteiger partial charge on any atom is 0.125 e. The highest BCUT2D eigenvalue weighted by Crippen LogP contribution is 2.35. The van der Waals surface area contributed by atoms with Crippen LogP contribution in [0.15, 0.2) is 40.9 Å². The minimum Gasteiger partial charge on any atom is -0.493 e. The normalized spacial score (nSPS) is 14.8. The zero-order valence-electron chi connectivity index (χ0n) is 11.4. The lowest BCUT2D eigenvalue weighted by Crippen LogP contribution is -2.03. The van der Waals surface area contributed by atoms with Crippen molar-refractivity contribution >= 4 is 15.9 Å². The predicted octanol–water partition coefficient (Wildman–Crippen LogP) is 3.97. The molecular formula is C17H17BrO2. The molecule has 3 rings (SSSR count). The van der Waals surface area contributed by atoms with Crippen LogP contribution in [0.4, 0.5) is 0 Å². The molecule has 0 saturated carbocycles. The van der Waals surface area contributed by atoms with Gasteiger partial charge in [-0.15, -0.1) is 0 Å². The molecule has 1 atom stereocenters. The summed E-state index contributed by atoms with van der Waals surface area (Å²) in [6.07, 6.45) is 1.02. The van der Waals surface area contributed by atoms with Gasteiger partial charge >= 0.3 is 0 Å². The van der Waals surface area contributed by atoms with Crippen LogP contribution in [0.3, 0.4) is 0 Å². The van der Waals surface area contributed by atoms with E-state index in [0.717, 1.165) is 39.9 Å². The number of aliphatic hydroxyl groups is 1. The molecule has 1 unspecified atom stereocenters. The fourth-order valence-electron chi connectivity index (χ4n) is 2.70. The van der Waals surface area contributed by atoms with Gasteiger partial charge < -0.3 is 9.84 Å². The highest BCUT2D eigenvalue weighted by Gasteiger charge is 2.20. The maximum absolute atomic E-state index is 10.4. The standard InChI is InChI=1S/C17H17BrO2/c1-11-3-2-4-12(7-11)16(19)10-14-9-15(18)8-13-5-6-20-17(13)14/h2-4,7-9,16,19H,5-6,10H2,1H3. The Morgan fingerprint density at radius 1 is 1.30 bits per heavy atom. The Morgan fingerprint density at radius 2 is 2.15 bits per heavy atom. The molecule has 0 spiro atoms. The molecular weight excluding hydrogens is 316 g/mol. The van der Waals surface area contributed by atoms with Crippen LogP contribution in [0.2, 0.25) is 0 Å². The van der Waals surface area contributed by atoms with Crippen molar-refractivity contribution in [2.24, 2.45) is 0 Å². The van der Waals surface area contributed by atoms with E-state index in [1.807, 2.05) is 37.3 Å². The van der Waals surface area contributed by atoms with Crippen LogP contribution in [-0.2, 0) is 12.8 Å². The average molecular weight is 333 g/mol. The van der Waals surface area contributed by atoms with Crippen molar-refractivity contribution in [2.75, 3.05) is 6.61 Å². The van der Waals surface area contributed by atoms with E-state index in [4.69, 9.17) is 4.74 Å². The van der Waals surface area contributed by atoms with E-state index < -0.39 is 6.10 Å². The number of benzene rings is 2. The first kappa shape index (κ1) is 13.7. The Morgan fingerprint density at radius 3 is 2.95 bits per heavy atom. The van der Waals surface area contributed by atoms with Crippen LogP contribution in [0.1, 0.15) is 28.4 Å². The summed E-state index contributed by atoms with van der Waals surface area (Å²) in [5.74, 6) is 0.958. The molecule has 0 radical (unpaired) electrons. The lowest BCUT2D eigenvalue weighted by atomic mass is 9.98. The van der Waals surface area contributed by atoms with E-state index in [1.165, 1.54) is 5.56 Å². The monoisotopic (exact) mass is 332 g/mol. The van der Waals surface area contributed by atoms with Crippen molar-refractivity contribution in [3.8, 4) is 5.75 Å². The molecule has 2 aromatic carbocycles. The summed E-state index contributed by atoms with van der Waals surface area (Å²) >= 11 is 3.54. The molecule has 0 aliphatic carbocycles. The molecule has 1 heterocycles. The Bertz CT molecular complexity index is 637. The molecule has 0 aromatic heterocycles. The third-order valence-electron chi connectivity index (χ3n) is 3.67. The second-order valence-corrected chi connectivity index (χ2v) is 6.20. The lowest BCUT2D eigenvalue weighted by molar-refractivity contribution is 0.177. The van der Waals surface area contributed by atoms with Crippen molar-refractivity contribution in [1.82, 2.24) is 0 Å². The summed E-state index contributed by atoms with van der Waals surface area (Å²) in [4.78, 5) is 0. The van der Waals surface area contributed by atoms with E-state index in [2.05, 4.69) is 22.0 Å². The number of fused-ring (bicyclic) bond motifs is 1. The summed E-state index contributed by atoms with van der Waals surface area (Å²) < 4.78 is 6.76. The average Bonchev–Trinajstić information content (AvgIpc) is 2.86. The van der Waals surface area contributed by atoms with E-state index in [9.17, 15) is 5.11 Å². The molecule has 0 fully saturated rings. The lowest BCUT2D eigenvalue weighted by Gasteiger charge is -2.14. The van der Waals surface area contributed by atoms with Crippen molar-refractivity contribution < 1.29 is 9.84 Å². The number of aliphatic hydroxyl groups excluding tert-OH is 1. The molecule has 20 heavy (non-hydrogen) atoms. The van der Waals surface area contributed by atoms with Gasteiger partial charge in [-0.05, 0) is 35.7 Å². The third kappa shape index (κ3) is 2.74. The zero-order valence-corrected chi connectivity index (χ0v) is 13.0. The Kier molecular flexibility index (Phi) is 3.81. The highest BCUT2D eigenvalue weighted by molar-refractivity contribution is 9.10. The summed E-state index contributed by atoms with van der Waals surface area (Å²) in [5.41, 5.74) is 4.42. The molecule has 0 bridgehead atoms. The molecule has 2 nitrogen and oxygen atoms in total. The minimum absolute atomic E-state index is 0.502. The highest BCUT2D eigenvalue weighted by atomic mass is 79.9. The Labute approximate surface area is 127 Å². The zero-order chi connectivity index (χ0) is 14.1. The molecule has 1 aliphatic rings. The second kappa shape index (κ2) is 5.58. The first-order valence-electron chi connectivity index (χ1n) is 6.82. The minimum atomic E-state index is -0.502. The number of hydrogen-bond donors (Lipinski definition) is 1. The molecule has 2 aromatic rings. The van der Waals surface area contributed by atoms with Crippen LogP contribution in [-0.4, -0.2) is 11.7 Å². The first-order valence-corrected chi connectivity index (χ1v) is 7.61. The third-order valence-corrected chi connectivity index (χ3v) is 4.12. The molecule has 1 N–H and O–H groups in total. The largest absolute Gasteiger partial charge is 0.493 e. The summed E-state index contributed by atoms with van der Waals surface area (Å²) in [6.45, 7) is 2.77. The summed E-state index contributed by atoms with van der Waals surface area (Å²) in [7, 11) is 0. The van der Waals surface area contributed by atoms with Gasteiger partial charge in [-0.2, -0.15) is 0 Å². The van der Waals surface area contributed by atoms with Crippen LogP contribution in [0.5, 0.6) is 5.75 Å². The number of hydrogen-bond acceptors (Lipinski definition) is 2. The van der Waals surface area contributed by atoms with Gasteiger partial charge in [0.2, 0.25) is 0 Å². The summed E-state index contributed by atoms with van der Waals surface area (Å²) in [6, 6.07) is 12.2. The molecule has 3 heteroatoms. The van der Waals surface area contributed by atoms with Gasteiger partial charge in [0.15, 0.2) is 0 Å². The van der Waals surface area contributed by atoms with Gasteiger partial charge in [0.1, 0.15) is 5.75 Å². The predicted molar refractivity (Wildman–Crippen MR) is 83.2 cm³/mol. The number of aryl methyl sites for hydroxylation is 1. The topological polar surface area (TPSA) is 29.5 Å². The maximum atomic E-state index is 10.4. The first-order chi connectivity index (χ1) is 9.63.